The van der Waals surface area contributed by atoms with Gasteiger partial charge in [0.25, 0.3) is 0 Å². The van der Waals surface area contributed by atoms with Crippen LogP contribution in [0.15, 0.2) is 120 Å². The third kappa shape index (κ3) is 3.88. The van der Waals surface area contributed by atoms with Crippen molar-refractivity contribution in [3.05, 3.63) is 132 Å². The summed E-state index contributed by atoms with van der Waals surface area (Å²) < 4.78 is 0. The molecule has 0 amide bonds. The van der Waals surface area contributed by atoms with E-state index in [1.165, 1.54) is 5.56 Å². The molecule has 0 N–H and O–H groups in total. The van der Waals surface area contributed by atoms with Crippen molar-refractivity contribution in [3.63, 3.8) is 0 Å². The van der Waals surface area contributed by atoms with Gasteiger partial charge in [-0.3, -0.25) is 0 Å². The molecule has 31 heavy (non-hydrogen) atoms. The van der Waals surface area contributed by atoms with Gasteiger partial charge in [-0.05, 0) is 36.8 Å². The van der Waals surface area contributed by atoms with Crippen LogP contribution in [-0.4, -0.2) is 5.84 Å². The van der Waals surface area contributed by atoms with Crippen molar-refractivity contribution < 1.29 is 0 Å². The number of para-hydroxylation sites is 2. The lowest BCUT2D eigenvalue weighted by atomic mass is 10.1. The van der Waals surface area contributed by atoms with Gasteiger partial charge in [0, 0.05) is 5.56 Å². The predicted molar refractivity (Wildman–Crippen MR) is 127 cm³/mol. The van der Waals surface area contributed by atoms with Crippen LogP contribution in [0.25, 0.3) is 0 Å². The van der Waals surface area contributed by atoms with Crippen LogP contribution in [0.1, 0.15) is 22.9 Å². The van der Waals surface area contributed by atoms with Gasteiger partial charge in [-0.15, -0.1) is 10.5 Å². The maximum Gasteiger partial charge on any atom is 0.199 e. The second-order valence-corrected chi connectivity index (χ2v) is 7.53. The summed E-state index contributed by atoms with van der Waals surface area (Å²) in [5.74, 6) is 0.677. The smallest absolute Gasteiger partial charge is 0.199 e. The minimum atomic E-state index is -0.210. The first kappa shape index (κ1) is 18.9. The number of anilines is 2. The standard InChI is InChI=1S/C27H23N4/c1-21-17-19-23(20-18-21)27-30(24-13-7-3-8-14-24)28-26(22-11-5-2-6-12-22)29-31(27)25-15-9-4-10-16-25/h2-20,27H,1H3. The SMILES string of the molecule is Cc1ccc(C2N(c3ccccc3)[N]C(c3ccccc3)=NN2c2ccccc2)cc1. The van der Waals surface area contributed by atoms with Crippen LogP contribution < -0.4 is 15.4 Å². The fraction of sp³-hybridized carbons (Fsp3) is 0.0741. The predicted octanol–water partition coefficient (Wildman–Crippen LogP) is 5.90. The fourth-order valence-electron chi connectivity index (χ4n) is 3.72. The molecule has 1 atom stereocenters. The zero-order valence-corrected chi connectivity index (χ0v) is 17.3. The normalized spacial score (nSPS) is 15.9. The molecular weight excluding hydrogens is 380 g/mol. The van der Waals surface area contributed by atoms with E-state index >= 15 is 0 Å². The van der Waals surface area contributed by atoms with Crippen LogP contribution in [0.5, 0.6) is 0 Å². The number of rotatable bonds is 4. The highest BCUT2D eigenvalue weighted by Gasteiger charge is 2.35. The molecule has 1 aliphatic heterocycles. The van der Waals surface area contributed by atoms with Gasteiger partial charge in [-0.1, -0.05) is 96.6 Å². The number of hydrogen-bond acceptors (Lipinski definition) is 3. The molecule has 0 fully saturated rings. The van der Waals surface area contributed by atoms with Crippen molar-refractivity contribution >= 4 is 17.2 Å². The van der Waals surface area contributed by atoms with Crippen molar-refractivity contribution in [2.75, 3.05) is 10.0 Å². The number of aryl methyl sites for hydroxylation is 1. The summed E-state index contributed by atoms with van der Waals surface area (Å²) in [7, 11) is 0. The van der Waals surface area contributed by atoms with E-state index in [-0.39, 0.29) is 6.17 Å². The maximum atomic E-state index is 5.02. The van der Waals surface area contributed by atoms with E-state index in [4.69, 9.17) is 10.5 Å². The number of amidine groups is 1. The average molecular weight is 404 g/mol. The van der Waals surface area contributed by atoms with Crippen LogP contribution in [0.4, 0.5) is 11.4 Å². The van der Waals surface area contributed by atoms with Gasteiger partial charge in [0.05, 0.1) is 11.4 Å². The van der Waals surface area contributed by atoms with Crippen LogP contribution in [0.3, 0.4) is 0 Å². The Hall–Kier alpha value is -4.05. The molecule has 4 aromatic carbocycles. The Morgan fingerprint density at radius 1 is 0.581 bits per heavy atom. The molecule has 0 bridgehead atoms. The molecule has 1 radical (unpaired) electrons. The summed E-state index contributed by atoms with van der Waals surface area (Å²) in [5, 5.41) is 9.14. The van der Waals surface area contributed by atoms with Crippen molar-refractivity contribution in [1.29, 1.82) is 0 Å². The fourth-order valence-corrected chi connectivity index (χ4v) is 3.72. The van der Waals surface area contributed by atoms with E-state index in [9.17, 15) is 0 Å². The molecule has 4 nitrogen and oxygen atoms in total. The highest BCUT2D eigenvalue weighted by atomic mass is 15.7. The molecule has 5 rings (SSSR count). The van der Waals surface area contributed by atoms with Gasteiger partial charge in [0.1, 0.15) is 0 Å². The second-order valence-electron chi connectivity index (χ2n) is 7.53. The van der Waals surface area contributed by atoms with Gasteiger partial charge in [-0.2, -0.15) is 0 Å². The van der Waals surface area contributed by atoms with Crippen LogP contribution in [-0.2, 0) is 0 Å². The maximum absolute atomic E-state index is 5.02. The monoisotopic (exact) mass is 403 g/mol. The first-order valence-corrected chi connectivity index (χ1v) is 10.4. The molecule has 0 saturated carbocycles. The summed E-state index contributed by atoms with van der Waals surface area (Å²) in [6.07, 6.45) is -0.210. The number of hydrogen-bond donors (Lipinski definition) is 0. The lowest BCUT2D eigenvalue weighted by Crippen LogP contribution is -2.51. The average Bonchev–Trinajstić information content (AvgIpc) is 2.85. The van der Waals surface area contributed by atoms with Crippen molar-refractivity contribution in [1.82, 2.24) is 5.43 Å². The Kier molecular flexibility index (Phi) is 5.11. The second kappa shape index (κ2) is 8.36. The summed E-state index contributed by atoms with van der Waals surface area (Å²) in [6, 6.07) is 39.3. The van der Waals surface area contributed by atoms with Crippen LogP contribution in [0, 0.1) is 6.92 Å². The Bertz CT molecular complexity index is 1160. The molecule has 1 aliphatic rings. The van der Waals surface area contributed by atoms with Crippen molar-refractivity contribution in [2.24, 2.45) is 5.10 Å². The van der Waals surface area contributed by atoms with Gasteiger partial charge < -0.3 is 0 Å². The van der Waals surface area contributed by atoms with Gasteiger partial charge in [0.2, 0.25) is 0 Å². The van der Waals surface area contributed by atoms with Crippen LogP contribution in [0.2, 0.25) is 0 Å². The molecule has 1 heterocycles. The summed E-state index contributed by atoms with van der Waals surface area (Å²) in [5.41, 5.74) is 10.4. The molecule has 1 unspecified atom stereocenters. The molecule has 0 aromatic heterocycles. The Morgan fingerprint density at radius 3 is 1.68 bits per heavy atom. The zero-order chi connectivity index (χ0) is 21.0. The largest absolute Gasteiger partial charge is 0.234 e. The topological polar surface area (TPSA) is 32.9 Å². The highest BCUT2D eigenvalue weighted by molar-refractivity contribution is 6.00. The van der Waals surface area contributed by atoms with Crippen molar-refractivity contribution in [2.45, 2.75) is 13.1 Å². The molecule has 4 aromatic rings. The van der Waals surface area contributed by atoms with Gasteiger partial charge >= 0.3 is 0 Å². The van der Waals surface area contributed by atoms with E-state index in [1.807, 2.05) is 66.7 Å². The van der Waals surface area contributed by atoms with E-state index in [2.05, 4.69) is 65.5 Å². The quantitative estimate of drug-likeness (QED) is 0.425. The Balaban J connectivity index is 1.70. The third-order valence-corrected chi connectivity index (χ3v) is 5.32. The minimum Gasteiger partial charge on any atom is -0.234 e. The molecule has 0 spiro atoms. The molecule has 4 heteroatoms. The first-order chi connectivity index (χ1) is 15.3. The van der Waals surface area contributed by atoms with Gasteiger partial charge in [-0.25, -0.2) is 10.0 Å². The lowest BCUT2D eigenvalue weighted by molar-refractivity contribution is 0.533. The van der Waals surface area contributed by atoms with Crippen LogP contribution >= 0.6 is 0 Å². The summed E-state index contributed by atoms with van der Waals surface area (Å²) in [4.78, 5) is 0. The molecule has 151 valence electrons. The zero-order valence-electron chi connectivity index (χ0n) is 17.3. The van der Waals surface area contributed by atoms with Crippen molar-refractivity contribution in [3.8, 4) is 0 Å². The number of nitrogens with zero attached hydrogens (tertiary/aromatic N) is 4. The Morgan fingerprint density at radius 2 is 1.10 bits per heavy atom. The molecular formula is C27H23N4. The van der Waals surface area contributed by atoms with Gasteiger partial charge in [0.15, 0.2) is 12.0 Å². The third-order valence-electron chi connectivity index (χ3n) is 5.32. The molecule has 0 aliphatic carbocycles. The van der Waals surface area contributed by atoms with E-state index in [0.29, 0.717) is 5.84 Å². The molecule has 0 saturated heterocycles. The number of hydrazone groups is 1. The highest BCUT2D eigenvalue weighted by Crippen LogP contribution is 2.36. The van der Waals surface area contributed by atoms with E-state index < -0.39 is 0 Å². The Labute approximate surface area is 183 Å². The van der Waals surface area contributed by atoms with E-state index in [1.54, 1.807) is 0 Å². The number of benzene rings is 4. The lowest BCUT2D eigenvalue weighted by Gasteiger charge is -2.42. The summed E-state index contributed by atoms with van der Waals surface area (Å²) in [6.45, 7) is 2.10. The van der Waals surface area contributed by atoms with E-state index in [0.717, 1.165) is 22.5 Å². The summed E-state index contributed by atoms with van der Waals surface area (Å²) >= 11 is 0. The minimum absolute atomic E-state index is 0.210. The first-order valence-electron chi connectivity index (χ1n) is 10.4.